The molecule has 2 N–H and O–H groups in total. The van der Waals surface area contributed by atoms with Gasteiger partial charge in [0.1, 0.15) is 11.9 Å². The number of amidine groups is 1. The van der Waals surface area contributed by atoms with Gasteiger partial charge in [-0.15, -0.1) is 0 Å². The molecular formula is C27H33N5O5. The predicted octanol–water partition coefficient (Wildman–Crippen LogP) is 2.13. The van der Waals surface area contributed by atoms with E-state index in [0.29, 0.717) is 49.5 Å². The summed E-state index contributed by atoms with van der Waals surface area (Å²) in [5.74, 6) is -0.455. The molecule has 0 aromatic heterocycles. The van der Waals surface area contributed by atoms with Gasteiger partial charge in [-0.1, -0.05) is 18.2 Å². The Hall–Kier alpha value is -3.76. The summed E-state index contributed by atoms with van der Waals surface area (Å²) in [6.07, 6.45) is -0.206. The topological polar surface area (TPSA) is 118 Å². The molecule has 2 aromatic carbocycles. The lowest BCUT2D eigenvalue weighted by molar-refractivity contribution is -0.143. The van der Waals surface area contributed by atoms with E-state index >= 15 is 0 Å². The summed E-state index contributed by atoms with van der Waals surface area (Å²) in [4.78, 5) is 46.5. The normalized spacial score (nSPS) is 19.1. The summed E-state index contributed by atoms with van der Waals surface area (Å²) in [5.41, 5.74) is 7.80. The number of carbonyl (C=O) groups is 3. The summed E-state index contributed by atoms with van der Waals surface area (Å²) in [6.45, 7) is 7.46. The van der Waals surface area contributed by atoms with Crippen LogP contribution < -0.4 is 10.6 Å². The zero-order valence-electron chi connectivity index (χ0n) is 21.0. The van der Waals surface area contributed by atoms with E-state index in [4.69, 9.17) is 15.2 Å². The van der Waals surface area contributed by atoms with Crippen molar-refractivity contribution in [3.8, 4) is 0 Å². The second-order valence-electron chi connectivity index (χ2n) is 9.03. The minimum Gasteiger partial charge on any atom is -0.466 e. The molecule has 0 bridgehead atoms. The van der Waals surface area contributed by atoms with Crippen LogP contribution in [0.4, 0.5) is 10.5 Å². The molecule has 2 heterocycles. The second kappa shape index (κ2) is 12.5. The number of nitrogens with zero attached hydrogens (tertiary/aromatic N) is 4. The maximum absolute atomic E-state index is 12.5. The highest BCUT2D eigenvalue weighted by Gasteiger charge is 2.34. The first-order valence-corrected chi connectivity index (χ1v) is 12.6. The van der Waals surface area contributed by atoms with E-state index in [2.05, 4.69) is 14.8 Å². The van der Waals surface area contributed by atoms with E-state index in [1.807, 2.05) is 13.0 Å². The third-order valence-corrected chi connectivity index (χ3v) is 6.46. The number of benzene rings is 2. The summed E-state index contributed by atoms with van der Waals surface area (Å²) >= 11 is 0. The molecule has 0 spiro atoms. The summed E-state index contributed by atoms with van der Waals surface area (Å²) in [6, 6.07) is 15.8. The first-order valence-electron chi connectivity index (χ1n) is 12.6. The number of esters is 1. The lowest BCUT2D eigenvalue weighted by Gasteiger charge is -2.35. The zero-order valence-corrected chi connectivity index (χ0v) is 21.0. The number of aliphatic imine (C=N–C) groups is 1. The van der Waals surface area contributed by atoms with Crippen molar-refractivity contribution >= 4 is 29.5 Å². The van der Waals surface area contributed by atoms with Crippen molar-refractivity contribution in [1.29, 1.82) is 0 Å². The van der Waals surface area contributed by atoms with Crippen molar-refractivity contribution in [3.05, 3.63) is 65.7 Å². The number of piperazine rings is 1. The summed E-state index contributed by atoms with van der Waals surface area (Å²) in [5, 5.41) is 0. The van der Waals surface area contributed by atoms with Crippen LogP contribution >= 0.6 is 0 Å². The van der Waals surface area contributed by atoms with Crippen LogP contribution in [0.5, 0.6) is 0 Å². The van der Waals surface area contributed by atoms with Gasteiger partial charge in [0.25, 0.3) is 5.91 Å². The minimum absolute atomic E-state index is 0.115. The Balaban J connectivity index is 1.26. The van der Waals surface area contributed by atoms with Crippen LogP contribution in [0.25, 0.3) is 0 Å². The summed E-state index contributed by atoms with van der Waals surface area (Å²) in [7, 11) is 0. The van der Waals surface area contributed by atoms with Crippen molar-refractivity contribution in [1.82, 2.24) is 9.80 Å². The highest BCUT2D eigenvalue weighted by Crippen LogP contribution is 2.23. The number of amides is 2. The third-order valence-electron chi connectivity index (χ3n) is 6.46. The number of hydrogen-bond donors (Lipinski definition) is 1. The highest BCUT2D eigenvalue weighted by molar-refractivity contribution is 6.08. The first-order chi connectivity index (χ1) is 17.9. The van der Waals surface area contributed by atoms with Gasteiger partial charge in [0.2, 0.25) is 0 Å². The zero-order chi connectivity index (χ0) is 26.2. The molecule has 0 radical (unpaired) electrons. The molecule has 196 valence electrons. The number of carbonyl (C=O) groups excluding carboxylic acids is 3. The number of ether oxygens (including phenoxy) is 2. The van der Waals surface area contributed by atoms with E-state index in [1.54, 1.807) is 53.4 Å². The van der Waals surface area contributed by atoms with Crippen molar-refractivity contribution in [2.75, 3.05) is 57.3 Å². The molecule has 1 atom stereocenters. The van der Waals surface area contributed by atoms with Gasteiger partial charge in [-0.3, -0.25) is 19.4 Å². The molecule has 10 nitrogen and oxygen atoms in total. The molecule has 0 aliphatic carbocycles. The van der Waals surface area contributed by atoms with Gasteiger partial charge in [0.05, 0.1) is 19.6 Å². The monoisotopic (exact) mass is 507 g/mol. The molecule has 1 unspecified atom stereocenters. The molecule has 2 aliphatic rings. The van der Waals surface area contributed by atoms with E-state index in [-0.39, 0.29) is 24.0 Å². The van der Waals surface area contributed by atoms with Crippen LogP contribution in [-0.2, 0) is 14.3 Å². The largest absolute Gasteiger partial charge is 0.466 e. The molecule has 2 amide bonds. The smallest absolute Gasteiger partial charge is 0.414 e. The Kier molecular flexibility index (Phi) is 8.86. The van der Waals surface area contributed by atoms with E-state index in [9.17, 15) is 14.4 Å². The molecule has 4 rings (SSSR count). The molecule has 10 heteroatoms. The standard InChI is InChI=1S/C27H33N5O5/c1-2-36-24(33)12-13-30-14-16-31(17-15-30)18-23-19-32(27(35)37-23)22-10-8-20(9-11-22)25(28)29-26(34)21-6-4-3-5-7-21/h3-11,23H,2,12-19H2,1H3,(H2,28,29,34). The lowest BCUT2D eigenvalue weighted by atomic mass is 10.1. The van der Waals surface area contributed by atoms with Crippen molar-refractivity contribution in [3.63, 3.8) is 0 Å². The maximum Gasteiger partial charge on any atom is 0.414 e. The Morgan fingerprint density at radius 3 is 2.35 bits per heavy atom. The molecule has 2 fully saturated rings. The fourth-order valence-corrected chi connectivity index (χ4v) is 4.42. The fourth-order valence-electron chi connectivity index (χ4n) is 4.42. The molecule has 2 saturated heterocycles. The quantitative estimate of drug-likeness (QED) is 0.312. The molecule has 37 heavy (non-hydrogen) atoms. The Labute approximate surface area is 216 Å². The van der Waals surface area contributed by atoms with Crippen LogP contribution in [0.15, 0.2) is 59.6 Å². The molecule has 2 aliphatic heterocycles. The van der Waals surface area contributed by atoms with Gasteiger partial charge in [-0.25, -0.2) is 4.79 Å². The van der Waals surface area contributed by atoms with Gasteiger partial charge in [-0.2, -0.15) is 4.99 Å². The Morgan fingerprint density at radius 2 is 1.68 bits per heavy atom. The second-order valence-corrected chi connectivity index (χ2v) is 9.03. The van der Waals surface area contributed by atoms with Crippen molar-refractivity contribution in [2.24, 2.45) is 10.7 Å². The number of hydrogen-bond acceptors (Lipinski definition) is 7. The van der Waals surface area contributed by atoms with Gasteiger partial charge < -0.3 is 20.1 Å². The van der Waals surface area contributed by atoms with Crippen LogP contribution in [0, 0.1) is 0 Å². The lowest BCUT2D eigenvalue weighted by Crippen LogP contribution is -2.49. The Bertz CT molecular complexity index is 1110. The minimum atomic E-state index is -0.409. The van der Waals surface area contributed by atoms with Crippen LogP contribution in [0.1, 0.15) is 29.3 Å². The molecular weight excluding hydrogens is 474 g/mol. The first kappa shape index (κ1) is 26.3. The predicted molar refractivity (Wildman–Crippen MR) is 140 cm³/mol. The number of nitrogens with two attached hydrogens (primary N) is 1. The van der Waals surface area contributed by atoms with Crippen LogP contribution in [-0.4, -0.2) is 92.1 Å². The third kappa shape index (κ3) is 7.14. The average molecular weight is 508 g/mol. The molecule has 0 saturated carbocycles. The van der Waals surface area contributed by atoms with E-state index in [0.717, 1.165) is 26.2 Å². The van der Waals surface area contributed by atoms with Crippen molar-refractivity contribution in [2.45, 2.75) is 19.4 Å². The van der Waals surface area contributed by atoms with Crippen LogP contribution in [0.2, 0.25) is 0 Å². The SMILES string of the molecule is CCOC(=O)CCN1CCN(CC2CN(c3ccc(C(N)=NC(=O)c4ccccc4)cc3)C(=O)O2)CC1. The van der Waals surface area contributed by atoms with Crippen LogP contribution in [0.3, 0.4) is 0 Å². The van der Waals surface area contributed by atoms with E-state index in [1.165, 1.54) is 0 Å². The van der Waals surface area contributed by atoms with E-state index < -0.39 is 5.91 Å². The number of cyclic esters (lactones) is 1. The summed E-state index contributed by atoms with van der Waals surface area (Å²) < 4.78 is 10.6. The average Bonchev–Trinajstić information content (AvgIpc) is 3.28. The van der Waals surface area contributed by atoms with Gasteiger partial charge in [0.15, 0.2) is 0 Å². The van der Waals surface area contributed by atoms with Crippen molar-refractivity contribution < 1.29 is 23.9 Å². The number of anilines is 1. The van der Waals surface area contributed by atoms with Gasteiger partial charge in [0, 0.05) is 56.1 Å². The number of rotatable bonds is 9. The Morgan fingerprint density at radius 1 is 1.00 bits per heavy atom. The fraction of sp³-hybridized carbons (Fsp3) is 0.407. The molecule has 2 aromatic rings. The highest BCUT2D eigenvalue weighted by atomic mass is 16.6. The maximum atomic E-state index is 12.5. The van der Waals surface area contributed by atoms with Gasteiger partial charge in [-0.05, 0) is 43.3 Å². The van der Waals surface area contributed by atoms with Gasteiger partial charge >= 0.3 is 12.1 Å².